The molecule has 1 unspecified atom stereocenters. The molecule has 1 fully saturated rings. The van der Waals surface area contributed by atoms with Crippen molar-refractivity contribution in [2.75, 3.05) is 24.5 Å². The Morgan fingerprint density at radius 1 is 1.35 bits per heavy atom. The highest BCUT2D eigenvalue weighted by molar-refractivity contribution is 5.46. The summed E-state index contributed by atoms with van der Waals surface area (Å²) in [6.45, 7) is 12.4. The minimum absolute atomic E-state index is 0.388. The molecule has 1 atom stereocenters. The highest BCUT2D eigenvalue weighted by Crippen LogP contribution is 2.32. The Balaban J connectivity index is 2.02. The first-order chi connectivity index (χ1) is 9.55. The zero-order chi connectivity index (χ0) is 14.6. The molecular weight excluding hydrogens is 246 g/mol. The highest BCUT2D eigenvalue weighted by Gasteiger charge is 2.29. The van der Waals surface area contributed by atoms with E-state index < -0.39 is 0 Å². The normalized spacial score (nSPS) is 19.3. The molecule has 2 heterocycles. The van der Waals surface area contributed by atoms with Crippen LogP contribution in [-0.2, 0) is 0 Å². The highest BCUT2D eigenvalue weighted by atomic mass is 15.2. The van der Waals surface area contributed by atoms with Crippen molar-refractivity contribution in [2.45, 2.75) is 53.0 Å². The maximum absolute atomic E-state index is 4.69. The van der Waals surface area contributed by atoms with Crippen molar-refractivity contribution in [3.8, 4) is 0 Å². The van der Waals surface area contributed by atoms with Gasteiger partial charge in [-0.15, -0.1) is 0 Å². The first-order valence-corrected chi connectivity index (χ1v) is 8.00. The van der Waals surface area contributed by atoms with Crippen molar-refractivity contribution >= 4 is 5.69 Å². The Kier molecular flexibility index (Phi) is 5.03. The fourth-order valence-electron chi connectivity index (χ4n) is 2.90. The summed E-state index contributed by atoms with van der Waals surface area (Å²) in [5, 5.41) is 3.56. The van der Waals surface area contributed by atoms with Crippen LogP contribution in [0.4, 0.5) is 5.69 Å². The van der Waals surface area contributed by atoms with Crippen molar-refractivity contribution in [3.63, 3.8) is 0 Å². The van der Waals surface area contributed by atoms with Gasteiger partial charge in [0.15, 0.2) is 0 Å². The molecule has 20 heavy (non-hydrogen) atoms. The smallest absolute Gasteiger partial charge is 0.0574 e. The van der Waals surface area contributed by atoms with Gasteiger partial charge in [0.05, 0.1) is 17.6 Å². The average molecular weight is 275 g/mol. The van der Waals surface area contributed by atoms with Crippen molar-refractivity contribution in [1.29, 1.82) is 0 Å². The molecule has 1 aromatic rings. The van der Waals surface area contributed by atoms with Crippen LogP contribution < -0.4 is 10.2 Å². The number of pyridine rings is 1. The van der Waals surface area contributed by atoms with E-state index in [0.717, 1.165) is 32.5 Å². The molecule has 0 saturated carbocycles. The summed E-state index contributed by atoms with van der Waals surface area (Å²) in [6.07, 6.45) is 5.57. The number of hydrogen-bond donors (Lipinski definition) is 1. The molecule has 1 aliphatic rings. The first kappa shape index (κ1) is 15.3. The van der Waals surface area contributed by atoms with Gasteiger partial charge in [-0.3, -0.25) is 4.98 Å². The maximum Gasteiger partial charge on any atom is 0.0574 e. The molecule has 3 nitrogen and oxygen atoms in total. The van der Waals surface area contributed by atoms with Crippen LogP contribution in [0.3, 0.4) is 0 Å². The van der Waals surface area contributed by atoms with Gasteiger partial charge >= 0.3 is 0 Å². The van der Waals surface area contributed by atoms with E-state index in [1.165, 1.54) is 17.8 Å². The second-order valence-corrected chi connectivity index (χ2v) is 6.69. The van der Waals surface area contributed by atoms with Crippen LogP contribution in [0.15, 0.2) is 18.3 Å². The van der Waals surface area contributed by atoms with Crippen LogP contribution in [0.1, 0.15) is 58.7 Å². The van der Waals surface area contributed by atoms with Gasteiger partial charge < -0.3 is 10.2 Å². The molecule has 0 bridgehead atoms. The third-order valence-corrected chi connectivity index (χ3v) is 4.22. The maximum atomic E-state index is 4.69. The van der Waals surface area contributed by atoms with Gasteiger partial charge in [-0.2, -0.15) is 0 Å². The summed E-state index contributed by atoms with van der Waals surface area (Å²) in [7, 11) is 0. The van der Waals surface area contributed by atoms with Gasteiger partial charge in [-0.25, -0.2) is 0 Å². The number of hydrogen-bond acceptors (Lipinski definition) is 3. The van der Waals surface area contributed by atoms with E-state index in [1.54, 1.807) is 0 Å². The van der Waals surface area contributed by atoms with Crippen molar-refractivity contribution in [3.05, 3.63) is 24.0 Å². The topological polar surface area (TPSA) is 28.2 Å². The number of anilines is 1. The summed E-state index contributed by atoms with van der Waals surface area (Å²) in [6, 6.07) is 4.82. The Bertz CT molecular complexity index is 411. The van der Waals surface area contributed by atoms with Gasteiger partial charge in [0.2, 0.25) is 0 Å². The molecule has 2 rings (SSSR count). The predicted molar refractivity (Wildman–Crippen MR) is 86.2 cm³/mol. The van der Waals surface area contributed by atoms with E-state index in [2.05, 4.69) is 50.0 Å². The third kappa shape index (κ3) is 3.72. The number of rotatable bonds is 6. The lowest BCUT2D eigenvalue weighted by molar-refractivity contribution is 0.418. The number of nitrogens with one attached hydrogen (secondary N) is 1. The Hall–Kier alpha value is -1.09. The van der Waals surface area contributed by atoms with Gasteiger partial charge in [0.1, 0.15) is 0 Å². The molecule has 112 valence electrons. The summed E-state index contributed by atoms with van der Waals surface area (Å²) < 4.78 is 0. The number of aromatic nitrogens is 1. The van der Waals surface area contributed by atoms with E-state index in [1.807, 2.05) is 6.20 Å². The quantitative estimate of drug-likeness (QED) is 0.856. The standard InChI is InChI=1S/C17H29N3/c1-5-10-18-15(6-2)16-8-7-14(12-19-16)20-11-9-17(3,4)13-20/h7-8,12,15,18H,5-6,9-11,13H2,1-4H3. The largest absolute Gasteiger partial charge is 0.370 e. The fourth-order valence-corrected chi connectivity index (χ4v) is 2.90. The van der Waals surface area contributed by atoms with Crippen LogP contribution in [0, 0.1) is 5.41 Å². The van der Waals surface area contributed by atoms with Crippen LogP contribution >= 0.6 is 0 Å². The molecule has 0 amide bonds. The Morgan fingerprint density at radius 3 is 2.65 bits per heavy atom. The van der Waals surface area contributed by atoms with E-state index in [4.69, 9.17) is 4.98 Å². The summed E-state index contributed by atoms with van der Waals surface area (Å²) in [5.41, 5.74) is 2.88. The second-order valence-electron chi connectivity index (χ2n) is 6.69. The minimum Gasteiger partial charge on any atom is -0.370 e. The van der Waals surface area contributed by atoms with Crippen LogP contribution in [-0.4, -0.2) is 24.6 Å². The van der Waals surface area contributed by atoms with Crippen LogP contribution in [0.25, 0.3) is 0 Å². The van der Waals surface area contributed by atoms with Gasteiger partial charge in [0.25, 0.3) is 0 Å². The molecule has 1 aliphatic heterocycles. The lowest BCUT2D eigenvalue weighted by Crippen LogP contribution is -2.24. The van der Waals surface area contributed by atoms with Gasteiger partial charge in [-0.1, -0.05) is 27.7 Å². The molecule has 3 heteroatoms. The summed E-state index contributed by atoms with van der Waals surface area (Å²) >= 11 is 0. The molecular formula is C17H29N3. The first-order valence-electron chi connectivity index (χ1n) is 8.00. The van der Waals surface area contributed by atoms with E-state index in [-0.39, 0.29) is 0 Å². The van der Waals surface area contributed by atoms with E-state index in [0.29, 0.717) is 11.5 Å². The lowest BCUT2D eigenvalue weighted by atomic mass is 9.93. The van der Waals surface area contributed by atoms with Crippen LogP contribution in [0.5, 0.6) is 0 Å². The average Bonchev–Trinajstić information content (AvgIpc) is 2.81. The van der Waals surface area contributed by atoms with E-state index >= 15 is 0 Å². The molecule has 0 spiro atoms. The summed E-state index contributed by atoms with van der Waals surface area (Å²) in [5.74, 6) is 0. The zero-order valence-electron chi connectivity index (χ0n) is 13.4. The van der Waals surface area contributed by atoms with Crippen molar-refractivity contribution in [2.24, 2.45) is 5.41 Å². The monoisotopic (exact) mass is 275 g/mol. The summed E-state index contributed by atoms with van der Waals surface area (Å²) in [4.78, 5) is 7.15. The fraction of sp³-hybridized carbons (Fsp3) is 0.706. The zero-order valence-corrected chi connectivity index (χ0v) is 13.4. The van der Waals surface area contributed by atoms with Crippen molar-refractivity contribution in [1.82, 2.24) is 10.3 Å². The van der Waals surface area contributed by atoms with E-state index in [9.17, 15) is 0 Å². The van der Waals surface area contributed by atoms with Crippen LogP contribution in [0.2, 0.25) is 0 Å². The molecule has 0 aliphatic carbocycles. The van der Waals surface area contributed by atoms with Crippen molar-refractivity contribution < 1.29 is 0 Å². The molecule has 1 N–H and O–H groups in total. The van der Waals surface area contributed by atoms with Gasteiger partial charge in [0, 0.05) is 19.1 Å². The number of nitrogens with zero attached hydrogens (tertiary/aromatic N) is 2. The lowest BCUT2D eigenvalue weighted by Gasteiger charge is -2.22. The van der Waals surface area contributed by atoms with Gasteiger partial charge in [-0.05, 0) is 43.4 Å². The minimum atomic E-state index is 0.388. The Labute approximate surface area is 123 Å². The second kappa shape index (κ2) is 6.57. The molecule has 1 saturated heterocycles. The molecule has 1 aromatic heterocycles. The SMILES string of the molecule is CCCNC(CC)c1ccc(N2CCC(C)(C)C2)cn1. The Morgan fingerprint density at radius 2 is 2.15 bits per heavy atom. The third-order valence-electron chi connectivity index (χ3n) is 4.22. The predicted octanol–water partition coefficient (Wildman–Crippen LogP) is 3.77. The molecule has 0 radical (unpaired) electrons. The molecule has 0 aromatic carbocycles.